The first-order valence-corrected chi connectivity index (χ1v) is 8.05. The number of ether oxygens (including phenoxy) is 1. The Balaban J connectivity index is 1.68. The Morgan fingerprint density at radius 2 is 1.76 bits per heavy atom. The Kier molecular flexibility index (Phi) is 6.86. The first-order chi connectivity index (χ1) is 11.8. The number of nitrogens with zero attached hydrogens (tertiary/aromatic N) is 3. The van der Waals surface area contributed by atoms with E-state index in [2.05, 4.69) is 14.6 Å². The SMILES string of the molecule is NC(=NCCCOCC(F)(F)F)N1CCN(c2ccc(F)cc2)CC1. The van der Waals surface area contributed by atoms with E-state index in [1.54, 1.807) is 12.1 Å². The van der Waals surface area contributed by atoms with Gasteiger partial charge in [0, 0.05) is 45.0 Å². The lowest BCUT2D eigenvalue weighted by Crippen LogP contribution is -2.51. The lowest BCUT2D eigenvalue weighted by Gasteiger charge is -2.36. The maximum atomic E-state index is 13.0. The van der Waals surface area contributed by atoms with Crippen LogP contribution in [0.4, 0.5) is 23.2 Å². The normalized spacial score (nSPS) is 16.4. The number of guanidine groups is 1. The molecule has 0 atom stereocenters. The minimum absolute atomic E-state index is 0.00532. The van der Waals surface area contributed by atoms with Gasteiger partial charge in [-0.3, -0.25) is 4.99 Å². The molecule has 0 radical (unpaired) electrons. The molecule has 1 aliphatic rings. The number of halogens is 4. The van der Waals surface area contributed by atoms with E-state index in [0.717, 1.165) is 18.8 Å². The molecule has 0 unspecified atom stereocenters. The summed E-state index contributed by atoms with van der Waals surface area (Å²) in [7, 11) is 0. The Morgan fingerprint density at radius 1 is 1.12 bits per heavy atom. The van der Waals surface area contributed by atoms with Gasteiger partial charge >= 0.3 is 6.18 Å². The Hall–Kier alpha value is -2.03. The van der Waals surface area contributed by atoms with E-state index in [1.165, 1.54) is 12.1 Å². The predicted octanol–water partition coefficient (Wildman–Crippen LogP) is 2.23. The summed E-state index contributed by atoms with van der Waals surface area (Å²) in [6.07, 6.45) is -3.92. The molecule has 140 valence electrons. The van der Waals surface area contributed by atoms with Crippen molar-refractivity contribution in [1.29, 1.82) is 0 Å². The lowest BCUT2D eigenvalue weighted by atomic mass is 10.2. The molecule has 9 heteroatoms. The van der Waals surface area contributed by atoms with Gasteiger partial charge in [0.1, 0.15) is 12.4 Å². The molecule has 1 heterocycles. The Morgan fingerprint density at radius 3 is 2.36 bits per heavy atom. The average molecular weight is 362 g/mol. The second-order valence-corrected chi connectivity index (χ2v) is 5.71. The summed E-state index contributed by atoms with van der Waals surface area (Å²) >= 11 is 0. The van der Waals surface area contributed by atoms with Gasteiger partial charge in [-0.1, -0.05) is 0 Å². The van der Waals surface area contributed by atoms with E-state index in [4.69, 9.17) is 5.73 Å². The Labute approximate surface area is 144 Å². The summed E-state index contributed by atoms with van der Waals surface area (Å²) in [5.41, 5.74) is 6.88. The standard InChI is InChI=1S/C16H22F4N4O/c17-13-2-4-14(5-3-13)23-7-9-24(10-8-23)15(21)22-6-1-11-25-12-16(18,19)20/h2-5H,1,6-12H2,(H2,21,22). The fourth-order valence-electron chi connectivity index (χ4n) is 2.49. The van der Waals surface area contributed by atoms with Gasteiger partial charge < -0.3 is 20.3 Å². The maximum Gasteiger partial charge on any atom is 0.411 e. The minimum Gasteiger partial charge on any atom is -0.372 e. The van der Waals surface area contributed by atoms with Gasteiger partial charge in [-0.25, -0.2) is 4.39 Å². The Bertz CT molecular complexity index is 554. The molecule has 0 aliphatic carbocycles. The zero-order chi connectivity index (χ0) is 18.3. The molecule has 0 saturated carbocycles. The van der Waals surface area contributed by atoms with Crippen molar-refractivity contribution in [2.45, 2.75) is 12.6 Å². The van der Waals surface area contributed by atoms with Crippen LogP contribution in [0.5, 0.6) is 0 Å². The second-order valence-electron chi connectivity index (χ2n) is 5.71. The maximum absolute atomic E-state index is 13.0. The lowest BCUT2D eigenvalue weighted by molar-refractivity contribution is -0.173. The van der Waals surface area contributed by atoms with Gasteiger partial charge in [-0.05, 0) is 30.7 Å². The number of nitrogens with two attached hydrogens (primary N) is 1. The van der Waals surface area contributed by atoms with E-state index in [9.17, 15) is 17.6 Å². The molecule has 25 heavy (non-hydrogen) atoms. The zero-order valence-electron chi connectivity index (χ0n) is 13.8. The van der Waals surface area contributed by atoms with Crippen molar-refractivity contribution in [3.8, 4) is 0 Å². The first kappa shape index (κ1) is 19.3. The van der Waals surface area contributed by atoms with E-state index < -0.39 is 12.8 Å². The molecule has 5 nitrogen and oxygen atoms in total. The molecular formula is C16H22F4N4O. The van der Waals surface area contributed by atoms with Crippen molar-refractivity contribution >= 4 is 11.6 Å². The van der Waals surface area contributed by atoms with Crippen LogP contribution in [-0.4, -0.2) is 63.0 Å². The van der Waals surface area contributed by atoms with Crippen molar-refractivity contribution in [2.75, 3.05) is 50.8 Å². The molecule has 1 fully saturated rings. The molecule has 1 aromatic rings. The van der Waals surface area contributed by atoms with Crippen molar-refractivity contribution in [3.05, 3.63) is 30.1 Å². The van der Waals surface area contributed by atoms with Gasteiger partial charge in [0.2, 0.25) is 0 Å². The van der Waals surface area contributed by atoms with E-state index >= 15 is 0 Å². The fraction of sp³-hybridized carbons (Fsp3) is 0.562. The summed E-state index contributed by atoms with van der Waals surface area (Å²) in [5, 5.41) is 0. The molecule has 2 rings (SSSR count). The molecule has 0 aromatic heterocycles. The monoisotopic (exact) mass is 362 g/mol. The minimum atomic E-state index is -4.30. The number of rotatable bonds is 6. The van der Waals surface area contributed by atoms with Crippen LogP contribution < -0.4 is 10.6 Å². The van der Waals surface area contributed by atoms with Crippen molar-refractivity contribution in [2.24, 2.45) is 10.7 Å². The van der Waals surface area contributed by atoms with Crippen LogP contribution in [0.2, 0.25) is 0 Å². The van der Waals surface area contributed by atoms with E-state index in [-0.39, 0.29) is 12.4 Å². The second kappa shape index (κ2) is 8.89. The zero-order valence-corrected chi connectivity index (χ0v) is 13.8. The van der Waals surface area contributed by atoms with Gasteiger partial charge in [0.15, 0.2) is 5.96 Å². The predicted molar refractivity (Wildman–Crippen MR) is 88.2 cm³/mol. The average Bonchev–Trinajstić information content (AvgIpc) is 2.58. The largest absolute Gasteiger partial charge is 0.411 e. The highest BCUT2D eigenvalue weighted by atomic mass is 19.4. The molecular weight excluding hydrogens is 340 g/mol. The van der Waals surface area contributed by atoms with Crippen LogP contribution in [0.25, 0.3) is 0 Å². The number of piperazine rings is 1. The molecule has 1 aromatic carbocycles. The van der Waals surface area contributed by atoms with Gasteiger partial charge in [-0.15, -0.1) is 0 Å². The van der Waals surface area contributed by atoms with Crippen molar-refractivity contribution in [1.82, 2.24) is 4.90 Å². The van der Waals surface area contributed by atoms with Crippen molar-refractivity contribution in [3.63, 3.8) is 0 Å². The van der Waals surface area contributed by atoms with E-state index in [1.807, 2.05) is 4.90 Å². The quantitative estimate of drug-likeness (QED) is 0.365. The molecule has 1 saturated heterocycles. The van der Waals surface area contributed by atoms with Gasteiger partial charge in [0.05, 0.1) is 0 Å². The highest BCUT2D eigenvalue weighted by Gasteiger charge is 2.27. The van der Waals surface area contributed by atoms with Crippen LogP contribution >= 0.6 is 0 Å². The smallest absolute Gasteiger partial charge is 0.372 e. The number of alkyl halides is 3. The summed E-state index contributed by atoms with van der Waals surface area (Å²) in [5.74, 6) is 0.118. The highest BCUT2D eigenvalue weighted by Crippen LogP contribution is 2.17. The fourth-order valence-corrected chi connectivity index (χ4v) is 2.49. The summed E-state index contributed by atoms with van der Waals surface area (Å²) in [4.78, 5) is 8.24. The van der Waals surface area contributed by atoms with Crippen LogP contribution in [0.1, 0.15) is 6.42 Å². The molecule has 1 aliphatic heterocycles. The third kappa shape index (κ3) is 6.77. The molecule has 0 amide bonds. The molecule has 0 bridgehead atoms. The third-order valence-corrected chi connectivity index (χ3v) is 3.78. The molecule has 0 spiro atoms. The number of hydrogen-bond acceptors (Lipinski definition) is 3. The van der Waals surface area contributed by atoms with Crippen LogP contribution in [0.3, 0.4) is 0 Å². The first-order valence-electron chi connectivity index (χ1n) is 8.05. The highest BCUT2D eigenvalue weighted by molar-refractivity contribution is 5.78. The number of hydrogen-bond donors (Lipinski definition) is 1. The van der Waals surface area contributed by atoms with Crippen LogP contribution in [0.15, 0.2) is 29.3 Å². The van der Waals surface area contributed by atoms with Gasteiger partial charge in [0.25, 0.3) is 0 Å². The summed E-state index contributed by atoms with van der Waals surface area (Å²) < 4.78 is 53.2. The topological polar surface area (TPSA) is 54.1 Å². The van der Waals surface area contributed by atoms with Crippen molar-refractivity contribution < 1.29 is 22.3 Å². The van der Waals surface area contributed by atoms with E-state index in [0.29, 0.717) is 32.0 Å². The number of aliphatic imine (C=N–C) groups is 1. The summed E-state index contributed by atoms with van der Waals surface area (Å²) in [6.45, 7) is 1.90. The number of benzene rings is 1. The third-order valence-electron chi connectivity index (χ3n) is 3.78. The van der Waals surface area contributed by atoms with Gasteiger partial charge in [-0.2, -0.15) is 13.2 Å². The number of anilines is 1. The van der Waals surface area contributed by atoms with Crippen LogP contribution in [-0.2, 0) is 4.74 Å². The van der Waals surface area contributed by atoms with Crippen LogP contribution in [0, 0.1) is 5.82 Å². The summed E-state index contributed by atoms with van der Waals surface area (Å²) in [6, 6.07) is 6.34. The molecule has 2 N–H and O–H groups in total.